The fourth-order valence-corrected chi connectivity index (χ4v) is 11.7. The van der Waals surface area contributed by atoms with Crippen LogP contribution in [0, 0.1) is 0 Å². The van der Waals surface area contributed by atoms with Gasteiger partial charge in [-0.1, -0.05) is 352 Å². The summed E-state index contributed by atoms with van der Waals surface area (Å²) in [6, 6.07) is -0.541. The second-order valence-electron chi connectivity index (χ2n) is 25.6. The van der Waals surface area contributed by atoms with Crippen LogP contribution in [0.3, 0.4) is 0 Å². The second-order valence-corrected chi connectivity index (χ2v) is 25.6. The third-order valence-electron chi connectivity index (χ3n) is 17.4. The zero-order valence-corrected chi connectivity index (χ0v) is 55.5. The SMILES string of the molecule is CCCCC/C=C\C/C=C\CCCCCCCC(=O)OCCCCCCCCCCCCCC/C=C\CCCCCCCCCCCCCCCCC(=O)NC(CO)C(O)CCCCCCCCCCCCCCCCCCCCCC. The summed E-state index contributed by atoms with van der Waals surface area (Å²) < 4.78 is 5.49. The number of hydrogen-bond donors (Lipinski definition) is 3. The van der Waals surface area contributed by atoms with Crippen molar-refractivity contribution >= 4 is 11.9 Å². The first-order valence-corrected chi connectivity index (χ1v) is 37.2. The molecule has 0 aromatic carbocycles. The van der Waals surface area contributed by atoms with E-state index >= 15 is 0 Å². The molecule has 0 fully saturated rings. The molecule has 1 amide bonds. The Kier molecular flexibility index (Phi) is 69.9. The Morgan fingerprint density at radius 2 is 0.610 bits per heavy atom. The summed E-state index contributed by atoms with van der Waals surface area (Å²) in [7, 11) is 0. The number of hydrogen-bond acceptors (Lipinski definition) is 5. The van der Waals surface area contributed by atoms with Gasteiger partial charge in [0.05, 0.1) is 25.4 Å². The summed E-state index contributed by atoms with van der Waals surface area (Å²) in [5.41, 5.74) is 0. The van der Waals surface area contributed by atoms with Crippen LogP contribution in [0.4, 0.5) is 0 Å². The van der Waals surface area contributed by atoms with Gasteiger partial charge in [0.25, 0.3) is 0 Å². The number of rotatable bonds is 70. The van der Waals surface area contributed by atoms with Gasteiger partial charge in [0.1, 0.15) is 0 Å². The molecule has 0 heterocycles. The van der Waals surface area contributed by atoms with Gasteiger partial charge in [0, 0.05) is 12.8 Å². The first kappa shape index (κ1) is 80.1. The van der Waals surface area contributed by atoms with Crippen molar-refractivity contribution in [1.29, 1.82) is 0 Å². The number of carbonyl (C=O) groups excluding carboxylic acids is 2. The number of unbranched alkanes of at least 4 members (excludes halogenated alkanes) is 53. The van der Waals surface area contributed by atoms with Gasteiger partial charge in [-0.05, 0) is 83.5 Å². The number of carbonyl (C=O) groups is 2. The van der Waals surface area contributed by atoms with Crippen LogP contribution in [-0.4, -0.2) is 47.4 Å². The molecule has 0 saturated carbocycles. The van der Waals surface area contributed by atoms with E-state index in [0.717, 1.165) is 51.4 Å². The van der Waals surface area contributed by atoms with Crippen molar-refractivity contribution in [1.82, 2.24) is 5.32 Å². The van der Waals surface area contributed by atoms with Crippen molar-refractivity contribution in [3.05, 3.63) is 36.5 Å². The maximum absolute atomic E-state index is 12.6. The third-order valence-corrected chi connectivity index (χ3v) is 17.4. The van der Waals surface area contributed by atoms with E-state index in [1.165, 1.54) is 327 Å². The topological polar surface area (TPSA) is 95.9 Å². The molecule has 6 heteroatoms. The van der Waals surface area contributed by atoms with E-state index in [4.69, 9.17) is 4.74 Å². The van der Waals surface area contributed by atoms with Gasteiger partial charge in [-0.15, -0.1) is 0 Å². The van der Waals surface area contributed by atoms with E-state index in [1.54, 1.807) is 0 Å². The first-order chi connectivity index (χ1) is 40.5. The summed E-state index contributed by atoms with van der Waals surface area (Å²) in [5.74, 6) is -0.0257. The van der Waals surface area contributed by atoms with Crippen molar-refractivity contribution in [3.63, 3.8) is 0 Å². The smallest absolute Gasteiger partial charge is 0.305 e. The number of nitrogens with one attached hydrogen (secondary N) is 1. The monoisotopic (exact) mass is 1150 g/mol. The van der Waals surface area contributed by atoms with Crippen molar-refractivity contribution in [2.75, 3.05) is 13.2 Å². The third kappa shape index (κ3) is 67.2. The van der Waals surface area contributed by atoms with Gasteiger partial charge >= 0.3 is 5.97 Å². The van der Waals surface area contributed by atoms with Gasteiger partial charge in [-0.3, -0.25) is 9.59 Å². The molecule has 0 spiro atoms. The molecular formula is C76H145NO5. The summed E-state index contributed by atoms with van der Waals surface area (Å²) in [6.07, 6.45) is 92.1. The highest BCUT2D eigenvalue weighted by atomic mass is 16.5. The molecule has 2 atom stereocenters. The zero-order valence-electron chi connectivity index (χ0n) is 55.5. The fraction of sp³-hybridized carbons (Fsp3) is 0.895. The number of allylic oxidation sites excluding steroid dienone is 6. The first-order valence-electron chi connectivity index (χ1n) is 37.2. The maximum Gasteiger partial charge on any atom is 0.305 e. The van der Waals surface area contributed by atoms with Crippen molar-refractivity contribution in [2.24, 2.45) is 0 Å². The molecule has 0 aliphatic rings. The minimum atomic E-state index is -0.664. The summed E-state index contributed by atoms with van der Waals surface area (Å²) in [5, 5.41) is 23.4. The molecule has 0 bridgehead atoms. The number of ether oxygens (including phenoxy) is 1. The predicted octanol–water partition coefficient (Wildman–Crippen LogP) is 24.3. The van der Waals surface area contributed by atoms with Gasteiger partial charge < -0.3 is 20.3 Å². The van der Waals surface area contributed by atoms with Crippen LogP contribution < -0.4 is 5.32 Å². The Morgan fingerprint density at radius 3 is 0.963 bits per heavy atom. The molecule has 0 rings (SSSR count). The Labute approximate surface area is 513 Å². The highest BCUT2D eigenvalue weighted by Crippen LogP contribution is 2.19. The lowest BCUT2D eigenvalue weighted by Crippen LogP contribution is -2.45. The molecular weight excluding hydrogens is 1010 g/mol. The Hall–Kier alpha value is -1.92. The Balaban J connectivity index is 3.37. The lowest BCUT2D eigenvalue weighted by Gasteiger charge is -2.22. The second kappa shape index (κ2) is 71.6. The quantitative estimate of drug-likeness (QED) is 0.0320. The van der Waals surface area contributed by atoms with E-state index < -0.39 is 12.1 Å². The normalized spacial score (nSPS) is 12.7. The van der Waals surface area contributed by atoms with Crippen LogP contribution >= 0.6 is 0 Å². The molecule has 6 nitrogen and oxygen atoms in total. The number of esters is 1. The lowest BCUT2D eigenvalue weighted by molar-refractivity contribution is -0.143. The molecule has 0 radical (unpaired) electrons. The molecule has 484 valence electrons. The number of aliphatic hydroxyl groups is 2. The van der Waals surface area contributed by atoms with Crippen LogP contribution in [0.2, 0.25) is 0 Å². The van der Waals surface area contributed by atoms with Crippen LogP contribution in [0.25, 0.3) is 0 Å². The zero-order chi connectivity index (χ0) is 59.2. The van der Waals surface area contributed by atoms with Gasteiger partial charge in [-0.2, -0.15) is 0 Å². The molecule has 3 N–H and O–H groups in total. The summed E-state index contributed by atoms with van der Waals surface area (Å²) in [6.45, 7) is 4.96. The van der Waals surface area contributed by atoms with Crippen molar-refractivity contribution < 1.29 is 24.5 Å². The summed E-state index contributed by atoms with van der Waals surface area (Å²) in [4.78, 5) is 24.6. The van der Waals surface area contributed by atoms with Gasteiger partial charge in [0.15, 0.2) is 0 Å². The summed E-state index contributed by atoms with van der Waals surface area (Å²) >= 11 is 0. The van der Waals surface area contributed by atoms with Crippen LogP contribution in [-0.2, 0) is 14.3 Å². The van der Waals surface area contributed by atoms with E-state index in [-0.39, 0.29) is 18.5 Å². The molecule has 0 aromatic rings. The van der Waals surface area contributed by atoms with Gasteiger partial charge in [0.2, 0.25) is 5.91 Å². The number of aliphatic hydroxyl groups excluding tert-OH is 2. The fourth-order valence-electron chi connectivity index (χ4n) is 11.7. The van der Waals surface area contributed by atoms with Crippen molar-refractivity contribution in [2.45, 2.75) is 424 Å². The van der Waals surface area contributed by atoms with Crippen molar-refractivity contribution in [3.8, 4) is 0 Å². The average molecular weight is 1150 g/mol. The van der Waals surface area contributed by atoms with E-state index in [9.17, 15) is 19.8 Å². The van der Waals surface area contributed by atoms with Gasteiger partial charge in [-0.25, -0.2) is 0 Å². The highest BCUT2D eigenvalue weighted by Gasteiger charge is 2.20. The maximum atomic E-state index is 12.6. The highest BCUT2D eigenvalue weighted by molar-refractivity contribution is 5.76. The molecule has 0 aromatic heterocycles. The Bertz CT molecular complexity index is 1330. The largest absolute Gasteiger partial charge is 0.466 e. The standard InChI is InChI=1S/C76H145NO5/c1-3-5-7-9-11-13-15-17-19-20-21-34-37-41-44-48-52-56-60-64-68-74(79)73(72-78)77-75(80)69-65-61-57-53-49-45-42-38-35-32-30-28-26-24-22-23-25-27-29-31-33-36-39-43-47-51-55-59-63-67-71-82-76(81)70-66-62-58-54-50-46-40-18-16-14-12-10-8-6-4-2/h12,14,18,23,25,40,73-74,78-79H,3-11,13,15-17,19-22,24,26-39,41-72H2,1-2H3,(H,77,80)/b14-12-,25-23-,40-18-. The minimum Gasteiger partial charge on any atom is -0.466 e. The molecule has 82 heavy (non-hydrogen) atoms. The van der Waals surface area contributed by atoms with Crippen LogP contribution in [0.15, 0.2) is 36.5 Å². The van der Waals surface area contributed by atoms with Crippen LogP contribution in [0.1, 0.15) is 412 Å². The number of amides is 1. The predicted molar refractivity (Wildman–Crippen MR) is 361 cm³/mol. The van der Waals surface area contributed by atoms with E-state index in [0.29, 0.717) is 25.9 Å². The van der Waals surface area contributed by atoms with E-state index in [1.807, 2.05) is 0 Å². The van der Waals surface area contributed by atoms with Crippen LogP contribution in [0.5, 0.6) is 0 Å². The molecule has 0 aliphatic heterocycles. The van der Waals surface area contributed by atoms with E-state index in [2.05, 4.69) is 55.6 Å². The lowest BCUT2D eigenvalue weighted by atomic mass is 10.0. The molecule has 0 saturated heterocycles. The molecule has 2 unspecified atom stereocenters. The average Bonchev–Trinajstić information content (AvgIpc) is 3.48. The Morgan fingerprint density at radius 1 is 0.341 bits per heavy atom. The minimum absolute atomic E-state index is 0.00362. The molecule has 0 aliphatic carbocycles.